The molecule has 19 heavy (non-hydrogen) atoms. The Balaban J connectivity index is 2.08. The van der Waals surface area contributed by atoms with E-state index < -0.39 is 0 Å². The van der Waals surface area contributed by atoms with Gasteiger partial charge < -0.3 is 4.57 Å². The Kier molecular flexibility index (Phi) is 2.86. The molecule has 4 nitrogen and oxygen atoms in total. The first kappa shape index (κ1) is 11.6. The third-order valence-corrected chi connectivity index (χ3v) is 3.35. The molecule has 0 saturated carbocycles. The van der Waals surface area contributed by atoms with Gasteiger partial charge in [0, 0.05) is 24.2 Å². The number of aromatic nitrogens is 3. The van der Waals surface area contributed by atoms with Crippen LogP contribution in [0.2, 0.25) is 0 Å². The van der Waals surface area contributed by atoms with E-state index >= 15 is 0 Å². The fourth-order valence-corrected chi connectivity index (χ4v) is 2.18. The Hall–Kier alpha value is -2.45. The Morgan fingerprint density at radius 2 is 2.16 bits per heavy atom. The lowest BCUT2D eigenvalue weighted by Crippen LogP contribution is -2.16. The van der Waals surface area contributed by atoms with E-state index in [1.165, 1.54) is 22.2 Å². The van der Waals surface area contributed by atoms with Crippen LogP contribution < -0.4 is 5.56 Å². The van der Waals surface area contributed by atoms with Crippen LogP contribution in [0.3, 0.4) is 0 Å². The maximum absolute atomic E-state index is 11.9. The van der Waals surface area contributed by atoms with E-state index in [4.69, 9.17) is 0 Å². The Morgan fingerprint density at radius 1 is 1.26 bits per heavy atom. The van der Waals surface area contributed by atoms with Crippen molar-refractivity contribution in [1.82, 2.24) is 14.5 Å². The zero-order valence-electron chi connectivity index (χ0n) is 10.1. The highest BCUT2D eigenvalue weighted by Gasteiger charge is 2.01. The van der Waals surface area contributed by atoms with E-state index in [1.54, 1.807) is 19.3 Å². The van der Waals surface area contributed by atoms with E-state index in [0.29, 0.717) is 10.9 Å². The van der Waals surface area contributed by atoms with Gasteiger partial charge in [-0.15, -0.1) is 11.3 Å². The Bertz CT molecular complexity index is 854. The zero-order chi connectivity index (χ0) is 13.2. The van der Waals surface area contributed by atoms with Gasteiger partial charge in [-0.25, -0.2) is 9.97 Å². The molecule has 3 rings (SSSR count). The van der Waals surface area contributed by atoms with Crippen LogP contribution in [0.5, 0.6) is 0 Å². The SMILES string of the molecule is Cn1cnc2cc(C#Cc3nccs3)ccc2c1=O. The van der Waals surface area contributed by atoms with Crippen LogP contribution in [-0.2, 0) is 7.05 Å². The summed E-state index contributed by atoms with van der Waals surface area (Å²) in [4.78, 5) is 20.2. The molecular formula is C14H9N3OS. The van der Waals surface area contributed by atoms with Crippen molar-refractivity contribution in [2.75, 3.05) is 0 Å². The number of hydrogen-bond acceptors (Lipinski definition) is 4. The molecule has 0 unspecified atom stereocenters. The molecule has 3 aromatic rings. The van der Waals surface area contributed by atoms with Crippen LogP contribution in [0.15, 0.2) is 40.9 Å². The predicted octanol–water partition coefficient (Wildman–Crippen LogP) is 1.79. The monoisotopic (exact) mass is 267 g/mol. The molecule has 0 fully saturated rings. The van der Waals surface area contributed by atoms with Gasteiger partial charge in [0.1, 0.15) is 0 Å². The number of hydrogen-bond donors (Lipinski definition) is 0. The highest BCUT2D eigenvalue weighted by Crippen LogP contribution is 2.09. The first-order valence-electron chi connectivity index (χ1n) is 5.61. The van der Waals surface area contributed by atoms with Crippen molar-refractivity contribution in [3.63, 3.8) is 0 Å². The number of benzene rings is 1. The average Bonchev–Trinajstić information content (AvgIpc) is 2.94. The third-order valence-electron chi connectivity index (χ3n) is 2.66. The van der Waals surface area contributed by atoms with Gasteiger partial charge in [-0.05, 0) is 24.1 Å². The lowest BCUT2D eigenvalue weighted by Gasteiger charge is -2.00. The summed E-state index contributed by atoms with van der Waals surface area (Å²) in [5, 5.41) is 3.26. The van der Waals surface area contributed by atoms with E-state index in [-0.39, 0.29) is 5.56 Å². The van der Waals surface area contributed by atoms with Gasteiger partial charge in [0.25, 0.3) is 5.56 Å². The van der Waals surface area contributed by atoms with E-state index in [2.05, 4.69) is 21.8 Å². The molecule has 0 amide bonds. The minimum absolute atomic E-state index is 0.0515. The molecule has 1 aromatic carbocycles. The molecule has 0 aliphatic carbocycles. The summed E-state index contributed by atoms with van der Waals surface area (Å²) in [6, 6.07) is 5.40. The minimum atomic E-state index is -0.0515. The summed E-state index contributed by atoms with van der Waals surface area (Å²) >= 11 is 1.50. The number of aryl methyl sites for hydroxylation is 1. The minimum Gasteiger partial charge on any atom is -0.302 e. The first-order valence-corrected chi connectivity index (χ1v) is 6.49. The molecule has 0 saturated heterocycles. The molecule has 0 bridgehead atoms. The van der Waals surface area contributed by atoms with Crippen LogP contribution >= 0.6 is 11.3 Å². The van der Waals surface area contributed by atoms with Crippen molar-refractivity contribution in [2.24, 2.45) is 7.05 Å². The molecule has 0 radical (unpaired) electrons. The quantitative estimate of drug-likeness (QED) is 0.583. The summed E-state index contributed by atoms with van der Waals surface area (Å²) in [5.74, 6) is 6.00. The van der Waals surface area contributed by atoms with Crippen LogP contribution in [0.1, 0.15) is 10.6 Å². The normalized spacial score (nSPS) is 10.2. The van der Waals surface area contributed by atoms with E-state index in [1.807, 2.05) is 17.5 Å². The molecule has 0 spiro atoms. The smallest absolute Gasteiger partial charge is 0.260 e. The van der Waals surface area contributed by atoms with E-state index in [9.17, 15) is 4.79 Å². The van der Waals surface area contributed by atoms with E-state index in [0.717, 1.165) is 10.6 Å². The summed E-state index contributed by atoms with van der Waals surface area (Å²) in [7, 11) is 1.69. The second kappa shape index (κ2) is 4.67. The maximum Gasteiger partial charge on any atom is 0.260 e. The zero-order valence-corrected chi connectivity index (χ0v) is 10.9. The number of thiazole rings is 1. The van der Waals surface area contributed by atoms with Crippen molar-refractivity contribution >= 4 is 22.2 Å². The second-order valence-corrected chi connectivity index (χ2v) is 4.87. The standard InChI is InChI=1S/C14H9N3OS/c1-17-9-16-12-8-10(2-4-11(12)14(17)18)3-5-13-15-6-7-19-13/h2,4,6-9H,1H3. The lowest BCUT2D eigenvalue weighted by molar-refractivity contribution is 0.843. The van der Waals surface area contributed by atoms with Crippen molar-refractivity contribution in [1.29, 1.82) is 0 Å². The maximum atomic E-state index is 11.9. The fourth-order valence-electron chi connectivity index (χ4n) is 1.70. The van der Waals surface area contributed by atoms with Crippen molar-refractivity contribution < 1.29 is 0 Å². The van der Waals surface area contributed by atoms with Gasteiger partial charge in [0.15, 0.2) is 5.01 Å². The van der Waals surface area contributed by atoms with Crippen molar-refractivity contribution in [3.05, 3.63) is 57.0 Å². The van der Waals surface area contributed by atoms with Crippen molar-refractivity contribution in [3.8, 4) is 11.8 Å². The second-order valence-electron chi connectivity index (χ2n) is 3.98. The molecule has 0 aliphatic rings. The van der Waals surface area contributed by atoms with Gasteiger partial charge in [-0.2, -0.15) is 0 Å². The van der Waals surface area contributed by atoms with Crippen LogP contribution in [0.4, 0.5) is 0 Å². The van der Waals surface area contributed by atoms with Gasteiger partial charge in [-0.1, -0.05) is 5.92 Å². The molecule has 92 valence electrons. The number of nitrogens with zero attached hydrogens (tertiary/aromatic N) is 3. The van der Waals surface area contributed by atoms with Crippen molar-refractivity contribution in [2.45, 2.75) is 0 Å². The predicted molar refractivity (Wildman–Crippen MR) is 75.1 cm³/mol. The molecule has 2 heterocycles. The fraction of sp³-hybridized carbons (Fsp3) is 0.0714. The molecule has 0 atom stereocenters. The van der Waals surface area contributed by atoms with Gasteiger partial charge in [0.2, 0.25) is 0 Å². The van der Waals surface area contributed by atoms with Gasteiger partial charge in [0.05, 0.1) is 17.2 Å². The summed E-state index contributed by atoms with van der Waals surface area (Å²) in [6.07, 6.45) is 3.24. The molecule has 5 heteroatoms. The Labute approximate surface area is 113 Å². The topological polar surface area (TPSA) is 47.8 Å². The average molecular weight is 267 g/mol. The number of rotatable bonds is 0. The molecule has 0 N–H and O–H groups in total. The van der Waals surface area contributed by atoms with Crippen LogP contribution in [0, 0.1) is 11.8 Å². The highest BCUT2D eigenvalue weighted by atomic mass is 32.1. The summed E-state index contributed by atoms with van der Waals surface area (Å²) in [6.45, 7) is 0. The lowest BCUT2D eigenvalue weighted by atomic mass is 10.1. The van der Waals surface area contributed by atoms with Gasteiger partial charge >= 0.3 is 0 Å². The highest BCUT2D eigenvalue weighted by molar-refractivity contribution is 7.10. The van der Waals surface area contributed by atoms with Crippen LogP contribution in [0.25, 0.3) is 10.9 Å². The van der Waals surface area contributed by atoms with Gasteiger partial charge in [-0.3, -0.25) is 4.79 Å². The molecular weight excluding hydrogens is 258 g/mol. The first-order chi connectivity index (χ1) is 9.24. The van der Waals surface area contributed by atoms with Crippen LogP contribution in [-0.4, -0.2) is 14.5 Å². The molecule has 2 aromatic heterocycles. The Morgan fingerprint density at radius 3 is 2.95 bits per heavy atom. The summed E-state index contributed by atoms with van der Waals surface area (Å²) in [5.41, 5.74) is 1.43. The third kappa shape index (κ3) is 2.26. The summed E-state index contributed by atoms with van der Waals surface area (Å²) < 4.78 is 1.46. The number of fused-ring (bicyclic) bond motifs is 1. The largest absolute Gasteiger partial charge is 0.302 e. The molecule has 0 aliphatic heterocycles.